The third-order valence-corrected chi connectivity index (χ3v) is 5.58. The fraction of sp³-hybridized carbons (Fsp3) is 0.261. The van der Waals surface area contributed by atoms with Crippen LogP contribution < -0.4 is 21.5 Å². The second kappa shape index (κ2) is 8.47. The zero-order valence-electron chi connectivity index (χ0n) is 18.4. The minimum atomic E-state index is -0.223. The molecule has 1 amide bonds. The number of benzene rings is 1. The fourth-order valence-electron chi connectivity index (χ4n) is 4.09. The zero-order valence-corrected chi connectivity index (χ0v) is 18.4. The first kappa shape index (κ1) is 20.8. The number of aromatic nitrogens is 5. The number of nitrogens with zero attached hydrogens (tertiary/aromatic N) is 5. The summed E-state index contributed by atoms with van der Waals surface area (Å²) in [6.07, 6.45) is 2.55. The van der Waals surface area contributed by atoms with Crippen molar-refractivity contribution in [3.63, 3.8) is 0 Å². The normalized spacial score (nSPS) is 13.0. The number of rotatable bonds is 5. The van der Waals surface area contributed by atoms with Gasteiger partial charge >= 0.3 is 0 Å². The molecule has 3 aromatic heterocycles. The molecule has 10 heteroatoms. The lowest BCUT2D eigenvalue weighted by Crippen LogP contribution is -2.23. The van der Waals surface area contributed by atoms with Crippen LogP contribution in [0.15, 0.2) is 47.4 Å². The molecule has 10 nitrogen and oxygen atoms in total. The largest absolute Gasteiger partial charge is 0.324 e. The van der Waals surface area contributed by atoms with E-state index in [2.05, 4.69) is 43.0 Å². The van der Waals surface area contributed by atoms with E-state index in [-0.39, 0.29) is 11.5 Å². The smallest absolute Gasteiger partial charge is 0.278 e. The molecule has 1 aliphatic heterocycles. The summed E-state index contributed by atoms with van der Waals surface area (Å²) < 4.78 is 3.21. The van der Waals surface area contributed by atoms with E-state index in [1.807, 2.05) is 13.0 Å². The minimum absolute atomic E-state index is 0.203. The Labute approximate surface area is 189 Å². The maximum atomic E-state index is 13.0. The number of hydrogen-bond acceptors (Lipinski definition) is 7. The quantitative estimate of drug-likeness (QED) is 0.432. The van der Waals surface area contributed by atoms with E-state index in [9.17, 15) is 9.59 Å². The van der Waals surface area contributed by atoms with Gasteiger partial charge in [-0.05, 0) is 55.3 Å². The predicted octanol–water partition coefficient (Wildman–Crippen LogP) is 2.34. The first-order valence-corrected chi connectivity index (χ1v) is 10.9. The fourth-order valence-corrected chi connectivity index (χ4v) is 4.09. The molecular formula is C23H24N8O2. The van der Waals surface area contributed by atoms with Gasteiger partial charge in [-0.2, -0.15) is 4.98 Å². The second-order valence-electron chi connectivity index (χ2n) is 7.86. The summed E-state index contributed by atoms with van der Waals surface area (Å²) in [6.45, 7) is 5.54. The molecule has 1 aromatic carbocycles. The molecule has 0 bridgehead atoms. The van der Waals surface area contributed by atoms with Crippen molar-refractivity contribution in [3.8, 4) is 5.82 Å². The van der Waals surface area contributed by atoms with Crippen molar-refractivity contribution >= 4 is 34.4 Å². The Balaban J connectivity index is 1.58. The lowest BCUT2D eigenvalue weighted by molar-refractivity contribution is -0.114. The van der Waals surface area contributed by atoms with E-state index < -0.39 is 0 Å². The lowest BCUT2D eigenvalue weighted by Gasteiger charge is -2.18. The van der Waals surface area contributed by atoms with Crippen LogP contribution in [0.25, 0.3) is 16.9 Å². The molecule has 4 heterocycles. The van der Waals surface area contributed by atoms with Gasteiger partial charge in [0.1, 0.15) is 11.2 Å². The van der Waals surface area contributed by atoms with Gasteiger partial charge in [0, 0.05) is 31.9 Å². The molecule has 0 radical (unpaired) electrons. The third kappa shape index (κ3) is 3.96. The summed E-state index contributed by atoms with van der Waals surface area (Å²) in [6, 6.07) is 11.5. The Bertz CT molecular complexity index is 1420. The summed E-state index contributed by atoms with van der Waals surface area (Å²) in [5.41, 5.74) is 3.71. The number of anilines is 3. The molecule has 3 N–H and O–H groups in total. The van der Waals surface area contributed by atoms with Gasteiger partial charge in [-0.25, -0.2) is 19.3 Å². The summed E-state index contributed by atoms with van der Waals surface area (Å²) in [5, 5.41) is 9.71. The van der Waals surface area contributed by atoms with Crippen molar-refractivity contribution in [1.82, 2.24) is 29.6 Å². The predicted molar refractivity (Wildman–Crippen MR) is 126 cm³/mol. The first-order valence-electron chi connectivity index (χ1n) is 10.9. The van der Waals surface area contributed by atoms with E-state index in [4.69, 9.17) is 0 Å². The van der Waals surface area contributed by atoms with Gasteiger partial charge in [-0.15, -0.1) is 0 Å². The highest BCUT2D eigenvalue weighted by Gasteiger charge is 2.18. The average molecular weight is 444 g/mol. The van der Waals surface area contributed by atoms with Gasteiger partial charge in [-0.3, -0.25) is 9.59 Å². The van der Waals surface area contributed by atoms with E-state index in [1.54, 1.807) is 27.6 Å². The number of fused-ring (bicyclic) bond motifs is 2. The first-order chi connectivity index (χ1) is 16.0. The Morgan fingerprint density at radius 2 is 2.06 bits per heavy atom. The molecule has 0 atom stereocenters. The standard InChI is InChI=1S/C23H24N8O2/c1-3-30-22(33)18-13-25-23(27-17-8-7-15-9-10-24-12-16(15)11-17)29-21(18)31(30)20-6-4-5-19(28-20)26-14(2)32/h4-8,11,13,24H,3,9-10,12H2,1-2H3,(H,25,27,29)(H,26,28,32). The van der Waals surface area contributed by atoms with Gasteiger partial charge in [0.2, 0.25) is 11.9 Å². The van der Waals surface area contributed by atoms with Crippen molar-refractivity contribution in [2.75, 3.05) is 17.2 Å². The van der Waals surface area contributed by atoms with E-state index >= 15 is 0 Å². The lowest BCUT2D eigenvalue weighted by atomic mass is 10.0. The number of amides is 1. The van der Waals surface area contributed by atoms with Crippen LogP contribution in [0.3, 0.4) is 0 Å². The number of pyridine rings is 1. The van der Waals surface area contributed by atoms with Crippen LogP contribution in [-0.4, -0.2) is 36.8 Å². The SMILES string of the molecule is CCn1c(=O)c2cnc(Nc3ccc4c(c3)CNCC4)nc2n1-c1cccc(NC(C)=O)n1. The Morgan fingerprint density at radius 1 is 1.18 bits per heavy atom. The summed E-state index contributed by atoms with van der Waals surface area (Å²) in [5.74, 6) is 1.02. The maximum absolute atomic E-state index is 13.0. The van der Waals surface area contributed by atoms with Crippen LogP contribution in [-0.2, 0) is 24.3 Å². The van der Waals surface area contributed by atoms with Gasteiger partial charge in [0.15, 0.2) is 11.5 Å². The highest BCUT2D eigenvalue weighted by molar-refractivity contribution is 5.87. The number of carbonyl (C=O) groups is 1. The average Bonchev–Trinajstić information content (AvgIpc) is 3.09. The third-order valence-electron chi connectivity index (χ3n) is 5.58. The summed E-state index contributed by atoms with van der Waals surface area (Å²) in [7, 11) is 0. The molecular weight excluding hydrogens is 420 g/mol. The molecule has 33 heavy (non-hydrogen) atoms. The Morgan fingerprint density at radius 3 is 2.88 bits per heavy atom. The van der Waals surface area contributed by atoms with E-state index in [0.717, 1.165) is 25.2 Å². The molecule has 168 valence electrons. The minimum Gasteiger partial charge on any atom is -0.324 e. The number of hydrogen-bond donors (Lipinski definition) is 3. The van der Waals surface area contributed by atoms with Crippen molar-refractivity contribution in [3.05, 3.63) is 64.1 Å². The summed E-state index contributed by atoms with van der Waals surface area (Å²) in [4.78, 5) is 38.0. The van der Waals surface area contributed by atoms with Crippen molar-refractivity contribution in [1.29, 1.82) is 0 Å². The van der Waals surface area contributed by atoms with Crippen LogP contribution in [0, 0.1) is 0 Å². The van der Waals surface area contributed by atoms with Crippen LogP contribution >= 0.6 is 0 Å². The molecule has 0 fully saturated rings. The summed E-state index contributed by atoms with van der Waals surface area (Å²) >= 11 is 0. The second-order valence-corrected chi connectivity index (χ2v) is 7.86. The van der Waals surface area contributed by atoms with Crippen LogP contribution in [0.1, 0.15) is 25.0 Å². The Kier molecular flexibility index (Phi) is 5.35. The van der Waals surface area contributed by atoms with Gasteiger partial charge in [-0.1, -0.05) is 12.1 Å². The number of nitrogens with one attached hydrogen (secondary N) is 3. The Hall–Kier alpha value is -4.05. The molecule has 0 spiro atoms. The van der Waals surface area contributed by atoms with Crippen LogP contribution in [0.2, 0.25) is 0 Å². The van der Waals surface area contributed by atoms with Crippen molar-refractivity contribution < 1.29 is 4.79 Å². The van der Waals surface area contributed by atoms with Crippen LogP contribution in [0.4, 0.5) is 17.5 Å². The van der Waals surface area contributed by atoms with Gasteiger partial charge in [0.05, 0.1) is 0 Å². The molecule has 1 aliphatic rings. The topological polar surface area (TPSA) is 119 Å². The highest BCUT2D eigenvalue weighted by Crippen LogP contribution is 2.22. The van der Waals surface area contributed by atoms with Crippen molar-refractivity contribution in [2.45, 2.75) is 33.4 Å². The van der Waals surface area contributed by atoms with Crippen LogP contribution in [0.5, 0.6) is 0 Å². The molecule has 0 aliphatic carbocycles. The zero-order chi connectivity index (χ0) is 22.9. The molecule has 4 aromatic rings. The molecule has 0 saturated heterocycles. The van der Waals surface area contributed by atoms with Gasteiger partial charge in [0.25, 0.3) is 5.56 Å². The monoisotopic (exact) mass is 444 g/mol. The van der Waals surface area contributed by atoms with Crippen molar-refractivity contribution in [2.24, 2.45) is 0 Å². The molecule has 0 saturated carbocycles. The van der Waals surface area contributed by atoms with Gasteiger partial charge < -0.3 is 16.0 Å². The van der Waals surface area contributed by atoms with E-state index in [0.29, 0.717) is 35.2 Å². The highest BCUT2D eigenvalue weighted by atomic mass is 16.1. The molecule has 5 rings (SSSR count). The number of carbonyl (C=O) groups excluding carboxylic acids is 1. The van der Waals surface area contributed by atoms with E-state index in [1.165, 1.54) is 24.2 Å². The maximum Gasteiger partial charge on any atom is 0.278 e. The molecule has 0 unspecified atom stereocenters.